The molecular formula is C14H17N3. The maximum Gasteiger partial charge on any atom is 0.0486 e. The summed E-state index contributed by atoms with van der Waals surface area (Å²) >= 11 is 0. The zero-order chi connectivity index (χ0) is 12.3. The van der Waals surface area contributed by atoms with E-state index in [0.717, 1.165) is 11.4 Å². The zero-order valence-electron chi connectivity index (χ0n) is 10.1. The molecule has 0 radical (unpaired) electrons. The standard InChI is InChI=1S/C14H17N3/c1-10-3-4-13(15)9-14(10)17-11(2)12-5-7-16-8-6-12/h3-9,11,17H,15H2,1-2H3. The van der Waals surface area contributed by atoms with Crippen molar-refractivity contribution in [1.82, 2.24) is 4.98 Å². The third-order valence-corrected chi connectivity index (χ3v) is 2.84. The van der Waals surface area contributed by atoms with Crippen LogP contribution in [0.1, 0.15) is 24.1 Å². The van der Waals surface area contributed by atoms with Gasteiger partial charge in [0.15, 0.2) is 0 Å². The summed E-state index contributed by atoms with van der Waals surface area (Å²) in [7, 11) is 0. The third kappa shape index (κ3) is 2.75. The molecule has 0 aliphatic rings. The lowest BCUT2D eigenvalue weighted by Gasteiger charge is -2.17. The van der Waals surface area contributed by atoms with Crippen LogP contribution in [0.25, 0.3) is 0 Å². The van der Waals surface area contributed by atoms with E-state index in [1.165, 1.54) is 11.1 Å². The molecule has 3 N–H and O–H groups in total. The number of nitrogen functional groups attached to an aromatic ring is 1. The Morgan fingerprint density at radius 3 is 2.59 bits per heavy atom. The van der Waals surface area contributed by atoms with Gasteiger partial charge in [-0.1, -0.05) is 6.07 Å². The maximum atomic E-state index is 5.79. The van der Waals surface area contributed by atoms with Crippen LogP contribution in [0.5, 0.6) is 0 Å². The zero-order valence-corrected chi connectivity index (χ0v) is 10.1. The van der Waals surface area contributed by atoms with Gasteiger partial charge in [0.2, 0.25) is 0 Å². The molecule has 3 heteroatoms. The summed E-state index contributed by atoms with van der Waals surface area (Å²) in [6.45, 7) is 4.19. The Morgan fingerprint density at radius 2 is 1.88 bits per heavy atom. The predicted octanol–water partition coefficient (Wildman–Crippen LogP) is 3.15. The number of nitrogens with two attached hydrogens (primary N) is 1. The largest absolute Gasteiger partial charge is 0.399 e. The molecule has 0 amide bonds. The molecule has 1 aromatic heterocycles. The summed E-state index contributed by atoms with van der Waals surface area (Å²) in [6.07, 6.45) is 3.61. The second-order valence-corrected chi connectivity index (χ2v) is 4.22. The highest BCUT2D eigenvalue weighted by Gasteiger charge is 2.06. The lowest BCUT2D eigenvalue weighted by atomic mass is 10.1. The Hall–Kier alpha value is -2.03. The van der Waals surface area contributed by atoms with E-state index < -0.39 is 0 Å². The average molecular weight is 227 g/mol. The first-order valence-electron chi connectivity index (χ1n) is 5.69. The smallest absolute Gasteiger partial charge is 0.0486 e. The lowest BCUT2D eigenvalue weighted by molar-refractivity contribution is 0.879. The van der Waals surface area contributed by atoms with Gasteiger partial charge in [0.25, 0.3) is 0 Å². The van der Waals surface area contributed by atoms with Gasteiger partial charge in [-0.05, 0) is 49.2 Å². The molecule has 2 aromatic rings. The van der Waals surface area contributed by atoms with Crippen molar-refractivity contribution in [3.63, 3.8) is 0 Å². The van der Waals surface area contributed by atoms with Crippen molar-refractivity contribution in [2.45, 2.75) is 19.9 Å². The Balaban J connectivity index is 2.18. The number of pyridine rings is 1. The van der Waals surface area contributed by atoms with Gasteiger partial charge in [-0.3, -0.25) is 4.98 Å². The van der Waals surface area contributed by atoms with Crippen LogP contribution in [0.15, 0.2) is 42.7 Å². The predicted molar refractivity (Wildman–Crippen MR) is 71.9 cm³/mol. The van der Waals surface area contributed by atoms with Crippen molar-refractivity contribution in [2.24, 2.45) is 0 Å². The van der Waals surface area contributed by atoms with Crippen LogP contribution >= 0.6 is 0 Å². The molecular weight excluding hydrogens is 210 g/mol. The molecule has 0 spiro atoms. The number of nitrogens with one attached hydrogen (secondary N) is 1. The first-order chi connectivity index (χ1) is 8.16. The molecule has 0 saturated heterocycles. The number of hydrogen-bond donors (Lipinski definition) is 2. The number of nitrogens with zero attached hydrogens (tertiary/aromatic N) is 1. The van der Waals surface area contributed by atoms with E-state index >= 15 is 0 Å². The monoisotopic (exact) mass is 227 g/mol. The molecule has 0 bridgehead atoms. The van der Waals surface area contributed by atoms with Crippen molar-refractivity contribution in [2.75, 3.05) is 11.1 Å². The van der Waals surface area contributed by atoms with E-state index in [4.69, 9.17) is 5.73 Å². The van der Waals surface area contributed by atoms with Crippen LogP contribution in [0.4, 0.5) is 11.4 Å². The van der Waals surface area contributed by atoms with Crippen molar-refractivity contribution in [3.8, 4) is 0 Å². The fourth-order valence-electron chi connectivity index (χ4n) is 1.76. The third-order valence-electron chi connectivity index (χ3n) is 2.84. The first kappa shape index (κ1) is 11.5. The molecule has 1 unspecified atom stereocenters. The van der Waals surface area contributed by atoms with E-state index in [-0.39, 0.29) is 6.04 Å². The summed E-state index contributed by atoms with van der Waals surface area (Å²) in [4.78, 5) is 4.02. The van der Waals surface area contributed by atoms with Crippen molar-refractivity contribution in [1.29, 1.82) is 0 Å². The van der Waals surface area contributed by atoms with Gasteiger partial charge in [0.1, 0.15) is 0 Å². The minimum Gasteiger partial charge on any atom is -0.399 e. The fraction of sp³-hybridized carbons (Fsp3) is 0.214. The Morgan fingerprint density at radius 1 is 1.18 bits per heavy atom. The Bertz CT molecular complexity index is 494. The normalized spacial score (nSPS) is 12.1. The number of rotatable bonds is 3. The average Bonchev–Trinajstić information content (AvgIpc) is 2.35. The molecule has 1 heterocycles. The van der Waals surface area contributed by atoms with Gasteiger partial charge in [-0.25, -0.2) is 0 Å². The van der Waals surface area contributed by atoms with Gasteiger partial charge in [0, 0.05) is 29.8 Å². The lowest BCUT2D eigenvalue weighted by Crippen LogP contribution is -2.08. The summed E-state index contributed by atoms with van der Waals surface area (Å²) in [5.41, 5.74) is 10.1. The van der Waals surface area contributed by atoms with Crippen LogP contribution in [-0.4, -0.2) is 4.98 Å². The molecule has 17 heavy (non-hydrogen) atoms. The summed E-state index contributed by atoms with van der Waals surface area (Å²) in [6, 6.07) is 10.2. The van der Waals surface area contributed by atoms with Crippen LogP contribution < -0.4 is 11.1 Å². The van der Waals surface area contributed by atoms with Gasteiger partial charge < -0.3 is 11.1 Å². The summed E-state index contributed by atoms with van der Waals surface area (Å²) < 4.78 is 0. The highest BCUT2D eigenvalue weighted by atomic mass is 14.9. The molecule has 0 saturated carbocycles. The fourth-order valence-corrected chi connectivity index (χ4v) is 1.76. The quantitative estimate of drug-likeness (QED) is 0.792. The van der Waals surface area contributed by atoms with E-state index in [1.54, 1.807) is 12.4 Å². The molecule has 3 nitrogen and oxygen atoms in total. The topological polar surface area (TPSA) is 50.9 Å². The van der Waals surface area contributed by atoms with E-state index in [1.807, 2.05) is 30.3 Å². The van der Waals surface area contributed by atoms with Gasteiger partial charge in [0.05, 0.1) is 0 Å². The molecule has 0 aliphatic carbocycles. The van der Waals surface area contributed by atoms with Crippen molar-refractivity contribution < 1.29 is 0 Å². The van der Waals surface area contributed by atoms with Crippen LogP contribution in [-0.2, 0) is 0 Å². The highest BCUT2D eigenvalue weighted by molar-refractivity contribution is 5.59. The molecule has 1 aromatic carbocycles. The van der Waals surface area contributed by atoms with Crippen molar-refractivity contribution >= 4 is 11.4 Å². The number of anilines is 2. The van der Waals surface area contributed by atoms with Crippen LogP contribution in [0, 0.1) is 6.92 Å². The van der Waals surface area contributed by atoms with Crippen molar-refractivity contribution in [3.05, 3.63) is 53.9 Å². The Labute approximate surface area is 102 Å². The first-order valence-corrected chi connectivity index (χ1v) is 5.69. The molecule has 0 aliphatic heterocycles. The second-order valence-electron chi connectivity index (χ2n) is 4.22. The van der Waals surface area contributed by atoms with E-state index in [0.29, 0.717) is 0 Å². The van der Waals surface area contributed by atoms with E-state index in [2.05, 4.69) is 24.1 Å². The summed E-state index contributed by atoms with van der Waals surface area (Å²) in [5.74, 6) is 0. The second kappa shape index (κ2) is 4.87. The molecule has 2 rings (SSSR count). The highest BCUT2D eigenvalue weighted by Crippen LogP contribution is 2.23. The minimum atomic E-state index is 0.235. The number of aryl methyl sites for hydroxylation is 1. The number of benzene rings is 1. The number of hydrogen-bond acceptors (Lipinski definition) is 3. The minimum absolute atomic E-state index is 0.235. The van der Waals surface area contributed by atoms with Gasteiger partial charge in [-0.15, -0.1) is 0 Å². The molecule has 1 atom stereocenters. The SMILES string of the molecule is Cc1ccc(N)cc1NC(C)c1ccncc1. The van der Waals surface area contributed by atoms with E-state index in [9.17, 15) is 0 Å². The van der Waals surface area contributed by atoms with Gasteiger partial charge >= 0.3 is 0 Å². The Kier molecular flexibility index (Phi) is 3.28. The maximum absolute atomic E-state index is 5.79. The molecule has 0 fully saturated rings. The molecule has 88 valence electrons. The van der Waals surface area contributed by atoms with Crippen LogP contribution in [0.3, 0.4) is 0 Å². The van der Waals surface area contributed by atoms with Crippen LogP contribution in [0.2, 0.25) is 0 Å². The number of aromatic nitrogens is 1. The summed E-state index contributed by atoms with van der Waals surface area (Å²) in [5, 5.41) is 3.46. The van der Waals surface area contributed by atoms with Gasteiger partial charge in [-0.2, -0.15) is 0 Å².